The van der Waals surface area contributed by atoms with Crippen LogP contribution in [0.1, 0.15) is 17.0 Å². The van der Waals surface area contributed by atoms with Gasteiger partial charge in [-0.2, -0.15) is 0 Å². The molecular weight excluding hydrogens is 276 g/mol. The monoisotopic (exact) mass is 294 g/mol. The molecule has 0 unspecified atom stereocenters. The largest absolute Gasteiger partial charge is 0.441 e. The van der Waals surface area contributed by atoms with E-state index >= 15 is 0 Å². The van der Waals surface area contributed by atoms with Gasteiger partial charge in [0.2, 0.25) is 5.91 Å². The SMILES string of the molecule is Cc1ccc(CC(=O)NCCc2nc3ccccc3o2)cc1. The third-order valence-corrected chi connectivity index (χ3v) is 3.48. The summed E-state index contributed by atoms with van der Waals surface area (Å²) in [4.78, 5) is 16.3. The molecular formula is C18H18N2O2. The van der Waals surface area contributed by atoms with Gasteiger partial charge in [0.25, 0.3) is 0 Å². The lowest BCUT2D eigenvalue weighted by Crippen LogP contribution is -2.27. The highest BCUT2D eigenvalue weighted by molar-refractivity contribution is 5.78. The first-order valence-electron chi connectivity index (χ1n) is 7.37. The van der Waals surface area contributed by atoms with Crippen LogP contribution in [0.25, 0.3) is 11.1 Å². The number of rotatable bonds is 5. The summed E-state index contributed by atoms with van der Waals surface area (Å²) in [6, 6.07) is 15.6. The Labute approximate surface area is 129 Å². The number of nitrogens with zero attached hydrogens (tertiary/aromatic N) is 1. The number of oxazole rings is 1. The van der Waals surface area contributed by atoms with Gasteiger partial charge in [0.15, 0.2) is 11.5 Å². The lowest BCUT2D eigenvalue weighted by Gasteiger charge is -2.04. The molecule has 112 valence electrons. The highest BCUT2D eigenvalue weighted by Crippen LogP contribution is 2.14. The van der Waals surface area contributed by atoms with Crippen molar-refractivity contribution in [3.8, 4) is 0 Å². The van der Waals surface area contributed by atoms with Gasteiger partial charge in [-0.3, -0.25) is 4.79 Å². The van der Waals surface area contributed by atoms with Crippen LogP contribution in [0.4, 0.5) is 0 Å². The van der Waals surface area contributed by atoms with Crippen molar-refractivity contribution in [3.63, 3.8) is 0 Å². The number of hydrogen-bond acceptors (Lipinski definition) is 3. The van der Waals surface area contributed by atoms with E-state index in [1.54, 1.807) is 0 Å². The van der Waals surface area contributed by atoms with Crippen molar-refractivity contribution >= 4 is 17.0 Å². The molecule has 0 aliphatic heterocycles. The predicted octanol–water partition coefficient (Wildman–Crippen LogP) is 3.04. The van der Waals surface area contributed by atoms with Crippen LogP contribution >= 0.6 is 0 Å². The fourth-order valence-corrected chi connectivity index (χ4v) is 2.29. The molecule has 1 heterocycles. The van der Waals surface area contributed by atoms with Gasteiger partial charge in [-0.15, -0.1) is 0 Å². The van der Waals surface area contributed by atoms with Gasteiger partial charge in [0.1, 0.15) is 5.52 Å². The summed E-state index contributed by atoms with van der Waals surface area (Å²) in [5.41, 5.74) is 3.84. The van der Waals surface area contributed by atoms with Gasteiger partial charge in [-0.25, -0.2) is 4.98 Å². The van der Waals surface area contributed by atoms with Gasteiger partial charge in [-0.1, -0.05) is 42.0 Å². The summed E-state index contributed by atoms with van der Waals surface area (Å²) < 4.78 is 5.62. The molecule has 22 heavy (non-hydrogen) atoms. The van der Waals surface area contributed by atoms with Crippen LogP contribution in [0.3, 0.4) is 0 Å². The van der Waals surface area contributed by atoms with E-state index in [-0.39, 0.29) is 5.91 Å². The van der Waals surface area contributed by atoms with E-state index in [1.165, 1.54) is 5.56 Å². The van der Waals surface area contributed by atoms with E-state index in [1.807, 2.05) is 55.5 Å². The molecule has 1 N–H and O–H groups in total. The fraction of sp³-hybridized carbons (Fsp3) is 0.222. The number of amides is 1. The number of nitrogens with one attached hydrogen (secondary N) is 1. The Morgan fingerprint density at radius 1 is 1.14 bits per heavy atom. The smallest absolute Gasteiger partial charge is 0.224 e. The van der Waals surface area contributed by atoms with E-state index in [4.69, 9.17) is 4.42 Å². The Morgan fingerprint density at radius 3 is 2.68 bits per heavy atom. The normalized spacial score (nSPS) is 10.8. The van der Waals surface area contributed by atoms with Crippen molar-refractivity contribution in [1.82, 2.24) is 10.3 Å². The quantitative estimate of drug-likeness (QED) is 0.787. The van der Waals surface area contributed by atoms with E-state index < -0.39 is 0 Å². The minimum Gasteiger partial charge on any atom is -0.441 e. The Kier molecular flexibility index (Phi) is 4.19. The molecule has 0 saturated heterocycles. The third-order valence-electron chi connectivity index (χ3n) is 3.48. The molecule has 1 aromatic heterocycles. The molecule has 0 bridgehead atoms. The van der Waals surface area contributed by atoms with Crippen molar-refractivity contribution in [2.45, 2.75) is 19.8 Å². The molecule has 4 nitrogen and oxygen atoms in total. The Balaban J connectivity index is 1.49. The van der Waals surface area contributed by atoms with Crippen molar-refractivity contribution in [1.29, 1.82) is 0 Å². The zero-order valence-electron chi connectivity index (χ0n) is 12.5. The number of para-hydroxylation sites is 2. The zero-order chi connectivity index (χ0) is 15.4. The van der Waals surface area contributed by atoms with E-state index in [2.05, 4.69) is 10.3 Å². The van der Waals surface area contributed by atoms with Crippen LogP contribution in [0, 0.1) is 6.92 Å². The lowest BCUT2D eigenvalue weighted by atomic mass is 10.1. The summed E-state index contributed by atoms with van der Waals surface area (Å²) in [5.74, 6) is 0.664. The molecule has 1 amide bonds. The molecule has 2 aromatic carbocycles. The summed E-state index contributed by atoms with van der Waals surface area (Å²) >= 11 is 0. The van der Waals surface area contributed by atoms with Gasteiger partial charge in [0.05, 0.1) is 6.42 Å². The molecule has 3 rings (SSSR count). The second-order valence-corrected chi connectivity index (χ2v) is 5.34. The highest BCUT2D eigenvalue weighted by atomic mass is 16.3. The fourth-order valence-electron chi connectivity index (χ4n) is 2.29. The molecule has 3 aromatic rings. The van der Waals surface area contributed by atoms with Crippen LogP contribution in [0.2, 0.25) is 0 Å². The Bertz CT molecular complexity index is 742. The zero-order valence-corrected chi connectivity index (χ0v) is 12.5. The van der Waals surface area contributed by atoms with Crippen LogP contribution in [0.15, 0.2) is 52.9 Å². The first-order chi connectivity index (χ1) is 10.7. The molecule has 0 spiro atoms. The number of aromatic nitrogens is 1. The molecule has 0 atom stereocenters. The lowest BCUT2D eigenvalue weighted by molar-refractivity contribution is -0.120. The maximum Gasteiger partial charge on any atom is 0.224 e. The van der Waals surface area contributed by atoms with Crippen molar-refractivity contribution in [2.75, 3.05) is 6.54 Å². The van der Waals surface area contributed by atoms with Crippen LogP contribution < -0.4 is 5.32 Å². The maximum absolute atomic E-state index is 11.9. The third kappa shape index (κ3) is 3.52. The number of aryl methyl sites for hydroxylation is 1. The minimum atomic E-state index is 0.0139. The van der Waals surface area contributed by atoms with E-state index in [0.29, 0.717) is 25.3 Å². The number of carbonyl (C=O) groups is 1. The standard InChI is InChI=1S/C18H18N2O2/c1-13-6-8-14(9-7-13)12-17(21)19-11-10-18-20-15-4-2-3-5-16(15)22-18/h2-9H,10-12H2,1H3,(H,19,21). The summed E-state index contributed by atoms with van der Waals surface area (Å²) in [5, 5.41) is 2.90. The van der Waals surface area contributed by atoms with Crippen LogP contribution in [-0.2, 0) is 17.6 Å². The second-order valence-electron chi connectivity index (χ2n) is 5.34. The van der Waals surface area contributed by atoms with E-state index in [9.17, 15) is 4.79 Å². The Morgan fingerprint density at radius 2 is 1.91 bits per heavy atom. The minimum absolute atomic E-state index is 0.0139. The first kappa shape index (κ1) is 14.3. The van der Waals surface area contributed by atoms with Crippen molar-refractivity contribution in [3.05, 3.63) is 65.5 Å². The van der Waals surface area contributed by atoms with Gasteiger partial charge in [0, 0.05) is 13.0 Å². The first-order valence-corrected chi connectivity index (χ1v) is 7.37. The van der Waals surface area contributed by atoms with Gasteiger partial charge >= 0.3 is 0 Å². The summed E-state index contributed by atoms with van der Waals surface area (Å²) in [7, 11) is 0. The molecule has 0 saturated carbocycles. The van der Waals surface area contributed by atoms with Crippen molar-refractivity contribution < 1.29 is 9.21 Å². The number of benzene rings is 2. The van der Waals surface area contributed by atoms with E-state index in [0.717, 1.165) is 16.7 Å². The van der Waals surface area contributed by atoms with Crippen LogP contribution in [0.5, 0.6) is 0 Å². The maximum atomic E-state index is 11.9. The number of carbonyl (C=O) groups excluding carboxylic acids is 1. The van der Waals surface area contributed by atoms with Crippen molar-refractivity contribution in [2.24, 2.45) is 0 Å². The van der Waals surface area contributed by atoms with Crippen LogP contribution in [-0.4, -0.2) is 17.4 Å². The molecule has 4 heteroatoms. The second kappa shape index (κ2) is 6.43. The summed E-state index contributed by atoms with van der Waals surface area (Å²) in [6.07, 6.45) is 0.988. The molecule has 0 radical (unpaired) electrons. The number of fused-ring (bicyclic) bond motifs is 1. The number of hydrogen-bond donors (Lipinski definition) is 1. The average Bonchev–Trinajstić information content (AvgIpc) is 2.92. The van der Waals surface area contributed by atoms with Gasteiger partial charge in [-0.05, 0) is 24.6 Å². The highest BCUT2D eigenvalue weighted by Gasteiger charge is 2.06. The average molecular weight is 294 g/mol. The Hall–Kier alpha value is -2.62. The molecule has 0 fully saturated rings. The predicted molar refractivity (Wildman–Crippen MR) is 85.6 cm³/mol. The molecule has 0 aliphatic rings. The molecule has 0 aliphatic carbocycles. The summed E-state index contributed by atoms with van der Waals surface area (Å²) in [6.45, 7) is 2.56. The topological polar surface area (TPSA) is 55.1 Å². The van der Waals surface area contributed by atoms with Gasteiger partial charge < -0.3 is 9.73 Å².